The van der Waals surface area contributed by atoms with Gasteiger partial charge in [0.25, 0.3) is 0 Å². The van der Waals surface area contributed by atoms with E-state index in [9.17, 15) is 14.3 Å². The molecule has 0 spiro atoms. The van der Waals surface area contributed by atoms with Crippen LogP contribution >= 0.6 is 7.37 Å². The first-order chi connectivity index (χ1) is 9.06. The predicted octanol–water partition coefficient (Wildman–Crippen LogP) is -0.992. The summed E-state index contributed by atoms with van der Waals surface area (Å²) < 4.78 is 12.5. The zero-order valence-electron chi connectivity index (χ0n) is 11.8. The average molecular weight is 302 g/mol. The molecule has 1 unspecified atom stereocenters. The molecule has 0 aromatic heterocycles. The number of amides is 1. The van der Waals surface area contributed by atoms with Gasteiger partial charge in [-0.05, 0) is 30.4 Å². The molecule has 0 saturated carbocycles. The number of benzene rings is 1. The molecule has 1 fully saturated rings. The summed E-state index contributed by atoms with van der Waals surface area (Å²) in [5, 5.41) is 0. The maximum atomic E-state index is 12.5. The smallest absolute Gasteiger partial charge is 0.343 e. The summed E-state index contributed by atoms with van der Waals surface area (Å²) in [5.41, 5.74) is 2.13. The number of hydrogen-bond acceptors (Lipinski definition) is 2. The van der Waals surface area contributed by atoms with Crippen LogP contribution in [-0.4, -0.2) is 34.2 Å². The Balaban J connectivity index is 0.00000147. The second kappa shape index (κ2) is 6.33. The van der Waals surface area contributed by atoms with Gasteiger partial charge in [-0.1, -0.05) is 24.3 Å². The summed E-state index contributed by atoms with van der Waals surface area (Å²) in [6.07, 6.45) is 2.68. The molecule has 1 aliphatic heterocycles. The summed E-state index contributed by atoms with van der Waals surface area (Å²) in [6.45, 7) is 0.628. The molecule has 102 valence electrons. The summed E-state index contributed by atoms with van der Waals surface area (Å²) in [4.78, 5) is 23.5. The first-order valence-corrected chi connectivity index (χ1v) is 8.64. The number of fused-ring (bicyclic) bond motifs is 1. The van der Waals surface area contributed by atoms with E-state index in [0.29, 0.717) is 25.8 Å². The average Bonchev–Trinajstić information content (AvgIpc) is 2.96. The van der Waals surface area contributed by atoms with Crippen molar-refractivity contribution >= 4 is 13.3 Å². The Morgan fingerprint density at radius 3 is 2.35 bits per heavy atom. The Bertz CT molecular complexity index is 538. The van der Waals surface area contributed by atoms with E-state index >= 15 is 0 Å². The van der Waals surface area contributed by atoms with Crippen molar-refractivity contribution in [2.24, 2.45) is 0 Å². The Hall–Kier alpha value is -0.120. The van der Waals surface area contributed by atoms with Gasteiger partial charge < -0.3 is 9.79 Å². The monoisotopic (exact) mass is 302 g/mol. The van der Waals surface area contributed by atoms with Crippen molar-refractivity contribution in [2.45, 2.75) is 31.3 Å². The topological polar surface area (TPSA) is 57.6 Å². The van der Waals surface area contributed by atoms with Crippen molar-refractivity contribution < 1.29 is 43.8 Å². The van der Waals surface area contributed by atoms with Crippen molar-refractivity contribution in [3.8, 4) is 0 Å². The molecule has 1 heterocycles. The van der Waals surface area contributed by atoms with Gasteiger partial charge >= 0.3 is 29.6 Å². The number of likely N-dealkylation sites (tertiary alicyclic amines) is 1. The van der Waals surface area contributed by atoms with Crippen LogP contribution in [0.15, 0.2) is 24.3 Å². The van der Waals surface area contributed by atoms with Crippen LogP contribution in [0.3, 0.4) is 0 Å². The van der Waals surface area contributed by atoms with E-state index in [4.69, 9.17) is 0 Å². The quantitative estimate of drug-likeness (QED) is 0.576. The van der Waals surface area contributed by atoms with E-state index in [1.807, 2.05) is 24.3 Å². The molecular weight excluding hydrogens is 284 g/mol. The molecule has 3 rings (SSSR count). The van der Waals surface area contributed by atoms with Crippen molar-refractivity contribution in [1.82, 2.24) is 4.90 Å². The first kappa shape index (κ1) is 16.3. The Kier molecular flexibility index (Phi) is 5.14. The van der Waals surface area contributed by atoms with Crippen molar-refractivity contribution in [3.05, 3.63) is 35.4 Å². The zero-order chi connectivity index (χ0) is 13.5. The van der Waals surface area contributed by atoms with Gasteiger partial charge in [0.05, 0.1) is 6.29 Å². The standard InChI is InChI=1S/C14H18NO3P.Na/c16-14-6-3-7-15(14)10-19(17,18)13-8-11-4-1-2-5-12(11)9-13;/h1-2,4-5,13H,3,6-10H2,(H,17,18);/q;+1. The van der Waals surface area contributed by atoms with Gasteiger partial charge in [0.15, 0.2) is 0 Å². The van der Waals surface area contributed by atoms with E-state index in [0.717, 1.165) is 6.42 Å². The maximum absolute atomic E-state index is 12.5. The third kappa shape index (κ3) is 3.20. The number of rotatable bonds is 3. The first-order valence-electron chi connectivity index (χ1n) is 6.72. The van der Waals surface area contributed by atoms with E-state index in [2.05, 4.69) is 0 Å². The van der Waals surface area contributed by atoms with Gasteiger partial charge in [0.1, 0.15) is 0 Å². The minimum Gasteiger partial charge on any atom is -0.343 e. The fraction of sp³-hybridized carbons (Fsp3) is 0.500. The molecule has 0 radical (unpaired) electrons. The van der Waals surface area contributed by atoms with Crippen LogP contribution in [0.25, 0.3) is 0 Å². The molecule has 1 aliphatic carbocycles. The SMILES string of the molecule is O=C1CCCN1CP(=O)(O)C1Cc2ccccc2C1.[Na+]. The molecule has 0 bridgehead atoms. The van der Waals surface area contributed by atoms with Crippen molar-refractivity contribution in [3.63, 3.8) is 0 Å². The van der Waals surface area contributed by atoms with Crippen molar-refractivity contribution in [2.75, 3.05) is 12.8 Å². The van der Waals surface area contributed by atoms with Crippen LogP contribution in [0.5, 0.6) is 0 Å². The Morgan fingerprint density at radius 2 is 1.85 bits per heavy atom. The van der Waals surface area contributed by atoms with Crippen molar-refractivity contribution in [1.29, 1.82) is 0 Å². The number of carbonyl (C=O) groups is 1. The molecule has 1 atom stereocenters. The zero-order valence-corrected chi connectivity index (χ0v) is 14.7. The maximum Gasteiger partial charge on any atom is 1.00 e. The van der Waals surface area contributed by atoms with Crippen LogP contribution in [0.4, 0.5) is 0 Å². The van der Waals surface area contributed by atoms with Gasteiger partial charge in [-0.3, -0.25) is 9.36 Å². The van der Waals surface area contributed by atoms with Crippen LogP contribution < -0.4 is 29.6 Å². The molecular formula is C14H18NNaO3P+. The Morgan fingerprint density at radius 1 is 1.25 bits per heavy atom. The van der Waals surface area contributed by atoms with Gasteiger partial charge in [0.2, 0.25) is 13.3 Å². The van der Waals surface area contributed by atoms with Crippen LogP contribution in [-0.2, 0) is 22.2 Å². The normalized spacial score (nSPS) is 21.4. The molecule has 1 saturated heterocycles. The molecule has 20 heavy (non-hydrogen) atoms. The van der Waals surface area contributed by atoms with Crippen LogP contribution in [0.1, 0.15) is 24.0 Å². The van der Waals surface area contributed by atoms with Gasteiger partial charge in [-0.2, -0.15) is 0 Å². The van der Waals surface area contributed by atoms with Gasteiger partial charge in [-0.25, -0.2) is 0 Å². The van der Waals surface area contributed by atoms with Crippen LogP contribution in [0, 0.1) is 0 Å². The largest absolute Gasteiger partial charge is 1.00 e. The third-order valence-corrected chi connectivity index (χ3v) is 6.40. The van der Waals surface area contributed by atoms with Gasteiger partial charge in [-0.15, -0.1) is 0 Å². The minimum atomic E-state index is -3.30. The minimum absolute atomic E-state index is 0. The molecule has 1 aromatic rings. The molecule has 4 nitrogen and oxygen atoms in total. The molecule has 1 N–H and O–H groups in total. The second-order valence-electron chi connectivity index (χ2n) is 5.49. The molecule has 6 heteroatoms. The summed E-state index contributed by atoms with van der Waals surface area (Å²) in [5.74, 6) is 0.0183. The third-order valence-electron chi connectivity index (χ3n) is 4.14. The number of carbonyl (C=O) groups excluding carboxylic acids is 1. The molecule has 1 amide bonds. The number of nitrogens with zero attached hydrogens (tertiary/aromatic N) is 1. The van der Waals surface area contributed by atoms with Gasteiger partial charge in [0, 0.05) is 18.6 Å². The number of hydrogen-bond donors (Lipinski definition) is 1. The summed E-state index contributed by atoms with van der Waals surface area (Å²) in [6, 6.07) is 7.98. The fourth-order valence-electron chi connectivity index (χ4n) is 3.03. The van der Waals surface area contributed by atoms with E-state index in [1.54, 1.807) is 4.90 Å². The summed E-state index contributed by atoms with van der Waals surface area (Å²) in [7, 11) is -3.30. The van der Waals surface area contributed by atoms with E-state index in [-0.39, 0.29) is 47.4 Å². The molecule has 1 aromatic carbocycles. The van der Waals surface area contributed by atoms with E-state index in [1.165, 1.54) is 11.1 Å². The summed E-state index contributed by atoms with van der Waals surface area (Å²) >= 11 is 0. The molecule has 2 aliphatic rings. The Labute approximate surface area is 141 Å². The van der Waals surface area contributed by atoms with Crippen LogP contribution in [0.2, 0.25) is 0 Å². The second-order valence-corrected chi connectivity index (χ2v) is 8.01. The predicted molar refractivity (Wildman–Crippen MR) is 73.3 cm³/mol. The fourth-order valence-corrected chi connectivity index (χ4v) is 5.02. The van der Waals surface area contributed by atoms with E-state index < -0.39 is 7.37 Å².